The summed E-state index contributed by atoms with van der Waals surface area (Å²) in [6, 6.07) is 5.91. The highest BCUT2D eigenvalue weighted by atomic mass is 32.1. The van der Waals surface area contributed by atoms with E-state index in [0.717, 1.165) is 16.1 Å². The molecule has 2 aromatic rings. The van der Waals surface area contributed by atoms with E-state index in [4.69, 9.17) is 10.8 Å². The molecule has 0 unspecified atom stereocenters. The number of aliphatic hydroxyl groups is 1. The van der Waals surface area contributed by atoms with Gasteiger partial charge in [-0.1, -0.05) is 6.07 Å². The summed E-state index contributed by atoms with van der Waals surface area (Å²) in [7, 11) is 0. The molecule has 3 heteroatoms. The van der Waals surface area contributed by atoms with Gasteiger partial charge < -0.3 is 10.8 Å². The molecule has 13 heavy (non-hydrogen) atoms. The first-order chi connectivity index (χ1) is 6.22. The van der Waals surface area contributed by atoms with E-state index in [-0.39, 0.29) is 6.61 Å². The number of benzene rings is 1. The first-order valence-electron chi connectivity index (χ1n) is 4.10. The molecule has 0 spiro atoms. The summed E-state index contributed by atoms with van der Waals surface area (Å²) in [5, 5.41) is 10.1. The topological polar surface area (TPSA) is 46.2 Å². The summed E-state index contributed by atoms with van der Waals surface area (Å²) in [5.41, 5.74) is 7.71. The second-order valence-electron chi connectivity index (χ2n) is 3.07. The zero-order valence-corrected chi connectivity index (χ0v) is 8.19. The van der Waals surface area contributed by atoms with Gasteiger partial charge in [0.25, 0.3) is 0 Å². The molecule has 0 aliphatic rings. The number of aliphatic hydroxyl groups excluding tert-OH is 1. The summed E-state index contributed by atoms with van der Waals surface area (Å²) < 4.78 is 1.18. The largest absolute Gasteiger partial charge is 0.398 e. The fourth-order valence-corrected chi connectivity index (χ4v) is 2.42. The van der Waals surface area contributed by atoms with E-state index in [9.17, 15) is 0 Å². The summed E-state index contributed by atoms with van der Waals surface area (Å²) in [6.45, 7) is 2.12. The molecule has 2 nitrogen and oxygen atoms in total. The van der Waals surface area contributed by atoms with Gasteiger partial charge in [-0.25, -0.2) is 0 Å². The number of nitrogen functional groups attached to an aromatic ring is 1. The molecule has 0 amide bonds. The SMILES string of the molecule is Cc1c(N)ccc2cc(CO)sc12. The smallest absolute Gasteiger partial charge is 0.0774 e. The fraction of sp³-hybridized carbons (Fsp3) is 0.200. The van der Waals surface area contributed by atoms with Crippen molar-refractivity contribution in [1.82, 2.24) is 0 Å². The minimum atomic E-state index is 0.110. The molecule has 1 heterocycles. The molecular weight excluding hydrogens is 182 g/mol. The molecular formula is C10H11NOS. The Kier molecular flexibility index (Phi) is 1.98. The second-order valence-corrected chi connectivity index (χ2v) is 4.21. The Hall–Kier alpha value is -1.06. The third kappa shape index (κ3) is 1.30. The summed E-state index contributed by atoms with van der Waals surface area (Å²) in [4.78, 5) is 0.990. The zero-order valence-electron chi connectivity index (χ0n) is 7.37. The normalized spacial score (nSPS) is 10.9. The molecule has 0 saturated heterocycles. The van der Waals surface area contributed by atoms with Gasteiger partial charge in [0, 0.05) is 15.3 Å². The maximum Gasteiger partial charge on any atom is 0.0774 e. The zero-order chi connectivity index (χ0) is 9.42. The lowest BCUT2D eigenvalue weighted by molar-refractivity contribution is 0.285. The Bertz CT molecular complexity index is 447. The average Bonchev–Trinajstić information content (AvgIpc) is 2.55. The van der Waals surface area contributed by atoms with Gasteiger partial charge in [0.15, 0.2) is 0 Å². The Morgan fingerprint density at radius 3 is 2.92 bits per heavy atom. The third-order valence-corrected chi connectivity index (χ3v) is 3.44. The van der Waals surface area contributed by atoms with Crippen molar-refractivity contribution in [3.63, 3.8) is 0 Å². The van der Waals surface area contributed by atoms with Crippen molar-refractivity contribution in [3.05, 3.63) is 28.6 Å². The molecule has 1 aromatic heterocycles. The van der Waals surface area contributed by atoms with Crippen molar-refractivity contribution in [2.75, 3.05) is 5.73 Å². The van der Waals surface area contributed by atoms with Gasteiger partial charge in [-0.2, -0.15) is 0 Å². The molecule has 3 N–H and O–H groups in total. The maximum absolute atomic E-state index is 8.98. The van der Waals surface area contributed by atoms with E-state index in [1.807, 2.05) is 25.1 Å². The van der Waals surface area contributed by atoms with Crippen LogP contribution in [0.5, 0.6) is 0 Å². The van der Waals surface area contributed by atoms with Crippen LogP contribution in [0.1, 0.15) is 10.4 Å². The van der Waals surface area contributed by atoms with E-state index < -0.39 is 0 Å². The third-order valence-electron chi connectivity index (χ3n) is 2.18. The molecule has 0 saturated carbocycles. The lowest BCUT2D eigenvalue weighted by Gasteiger charge is -1.99. The molecule has 0 atom stereocenters. The Balaban J connectivity index is 2.76. The minimum absolute atomic E-state index is 0.110. The van der Waals surface area contributed by atoms with Gasteiger partial charge in [-0.3, -0.25) is 0 Å². The molecule has 68 valence electrons. The van der Waals surface area contributed by atoms with Gasteiger partial charge in [-0.15, -0.1) is 11.3 Å². The van der Waals surface area contributed by atoms with Crippen LogP contribution < -0.4 is 5.73 Å². The minimum Gasteiger partial charge on any atom is -0.398 e. The summed E-state index contributed by atoms with van der Waals surface area (Å²) >= 11 is 1.61. The molecule has 0 fully saturated rings. The highest BCUT2D eigenvalue weighted by Gasteiger charge is 2.05. The van der Waals surface area contributed by atoms with Crippen LogP contribution in [-0.2, 0) is 6.61 Å². The van der Waals surface area contributed by atoms with Gasteiger partial charge in [-0.05, 0) is 30.0 Å². The van der Waals surface area contributed by atoms with Crippen LogP contribution in [0.15, 0.2) is 18.2 Å². The van der Waals surface area contributed by atoms with E-state index in [1.54, 1.807) is 11.3 Å². The van der Waals surface area contributed by atoms with E-state index >= 15 is 0 Å². The highest BCUT2D eigenvalue weighted by Crippen LogP contribution is 2.31. The average molecular weight is 193 g/mol. The molecule has 1 aromatic carbocycles. The number of rotatable bonds is 1. The first-order valence-corrected chi connectivity index (χ1v) is 4.92. The number of hydrogen-bond acceptors (Lipinski definition) is 3. The van der Waals surface area contributed by atoms with Gasteiger partial charge >= 0.3 is 0 Å². The molecule has 0 radical (unpaired) electrons. The van der Waals surface area contributed by atoms with Gasteiger partial charge in [0.1, 0.15) is 0 Å². The first kappa shape index (κ1) is 8.53. The van der Waals surface area contributed by atoms with Gasteiger partial charge in [0.2, 0.25) is 0 Å². The maximum atomic E-state index is 8.98. The van der Waals surface area contributed by atoms with Crippen molar-refractivity contribution >= 4 is 27.1 Å². The van der Waals surface area contributed by atoms with Crippen molar-refractivity contribution in [1.29, 1.82) is 0 Å². The van der Waals surface area contributed by atoms with Crippen molar-refractivity contribution in [2.24, 2.45) is 0 Å². The monoisotopic (exact) mass is 193 g/mol. The second kappa shape index (κ2) is 3.01. The lowest BCUT2D eigenvalue weighted by atomic mass is 10.1. The molecule has 0 bridgehead atoms. The van der Waals surface area contributed by atoms with Crippen LogP contribution in [0.2, 0.25) is 0 Å². The Labute approximate surface area is 80.6 Å². The van der Waals surface area contributed by atoms with Crippen LogP contribution in [0, 0.1) is 6.92 Å². The van der Waals surface area contributed by atoms with Crippen LogP contribution in [0.25, 0.3) is 10.1 Å². The van der Waals surface area contributed by atoms with Crippen molar-refractivity contribution in [2.45, 2.75) is 13.5 Å². The lowest BCUT2D eigenvalue weighted by Crippen LogP contribution is -1.87. The van der Waals surface area contributed by atoms with Crippen molar-refractivity contribution in [3.8, 4) is 0 Å². The standard InChI is InChI=1S/C10H11NOS/c1-6-9(11)3-2-7-4-8(5-12)13-10(6)7/h2-4,12H,5,11H2,1H3. The van der Waals surface area contributed by atoms with Gasteiger partial charge in [0.05, 0.1) is 6.61 Å². The summed E-state index contributed by atoms with van der Waals surface area (Å²) in [5.74, 6) is 0. The van der Waals surface area contributed by atoms with E-state index in [1.165, 1.54) is 10.1 Å². The number of hydrogen-bond donors (Lipinski definition) is 2. The van der Waals surface area contributed by atoms with E-state index in [2.05, 4.69) is 0 Å². The predicted octanol–water partition coefficient (Wildman–Crippen LogP) is 2.28. The summed E-state index contributed by atoms with van der Waals surface area (Å²) in [6.07, 6.45) is 0. The fourth-order valence-electron chi connectivity index (χ4n) is 1.39. The van der Waals surface area contributed by atoms with Crippen LogP contribution >= 0.6 is 11.3 Å². The number of thiophene rings is 1. The number of aryl methyl sites for hydroxylation is 1. The van der Waals surface area contributed by atoms with Crippen LogP contribution in [0.4, 0.5) is 5.69 Å². The number of nitrogens with two attached hydrogens (primary N) is 1. The Morgan fingerprint density at radius 1 is 1.46 bits per heavy atom. The Morgan fingerprint density at radius 2 is 2.23 bits per heavy atom. The van der Waals surface area contributed by atoms with Crippen molar-refractivity contribution < 1.29 is 5.11 Å². The highest BCUT2D eigenvalue weighted by molar-refractivity contribution is 7.19. The van der Waals surface area contributed by atoms with E-state index in [0.29, 0.717) is 0 Å². The quantitative estimate of drug-likeness (QED) is 0.682. The van der Waals surface area contributed by atoms with Crippen LogP contribution in [-0.4, -0.2) is 5.11 Å². The molecule has 0 aliphatic heterocycles. The number of fused-ring (bicyclic) bond motifs is 1. The molecule has 0 aliphatic carbocycles. The molecule has 2 rings (SSSR count). The number of anilines is 1. The van der Waals surface area contributed by atoms with Crippen LogP contribution in [0.3, 0.4) is 0 Å². The predicted molar refractivity (Wildman–Crippen MR) is 56.9 cm³/mol.